The van der Waals surface area contributed by atoms with E-state index in [2.05, 4.69) is 164 Å². The highest BCUT2D eigenvalue weighted by atomic mass is 32.1. The zero-order valence-electron chi connectivity index (χ0n) is 26.9. The fourth-order valence-corrected chi connectivity index (χ4v) is 8.43. The molecule has 0 spiro atoms. The van der Waals surface area contributed by atoms with Crippen molar-refractivity contribution in [3.8, 4) is 22.3 Å². The van der Waals surface area contributed by atoms with Gasteiger partial charge in [-0.3, -0.25) is 9.97 Å². The second-order valence-electron chi connectivity index (χ2n) is 11.9. The van der Waals surface area contributed by atoms with Crippen molar-refractivity contribution in [3.05, 3.63) is 181 Å². The van der Waals surface area contributed by atoms with Gasteiger partial charge in [0.1, 0.15) is 0 Å². The fourth-order valence-electron chi connectivity index (χ4n) is 6.89. The molecule has 0 radical (unpaired) electrons. The van der Waals surface area contributed by atoms with Crippen molar-refractivity contribution >= 4 is 77.0 Å². The van der Waals surface area contributed by atoms with E-state index in [0.29, 0.717) is 0 Å². The zero-order valence-corrected chi connectivity index (χ0v) is 28.6. The van der Waals surface area contributed by atoms with E-state index in [0.717, 1.165) is 32.8 Å². The monoisotopic (exact) mass is 678 g/mol. The summed E-state index contributed by atoms with van der Waals surface area (Å²) >= 11 is 3.44. The standard InChI is InChI=1S/C44H30N4S2/c1-3-11-31(12-4-1)43-37-21-19-34(48(42-18-10-26-50-42)36-16-8-24-46-30-36)28-40(37)44(32-13-5-2-6-14-32)38-22-20-33(27-39(38)43)47(41-17-9-25-49-41)35-15-7-23-45-29-35/h1-30H. The van der Waals surface area contributed by atoms with Crippen molar-refractivity contribution < 1.29 is 0 Å². The molecule has 9 aromatic rings. The molecule has 0 amide bonds. The van der Waals surface area contributed by atoms with E-state index in [-0.39, 0.29) is 0 Å². The van der Waals surface area contributed by atoms with Gasteiger partial charge < -0.3 is 9.80 Å². The lowest BCUT2D eigenvalue weighted by atomic mass is 9.85. The van der Waals surface area contributed by atoms with Crippen LogP contribution < -0.4 is 9.80 Å². The van der Waals surface area contributed by atoms with E-state index in [1.165, 1.54) is 43.8 Å². The van der Waals surface area contributed by atoms with Gasteiger partial charge in [0.05, 0.1) is 33.8 Å². The van der Waals surface area contributed by atoms with E-state index in [1.54, 1.807) is 22.7 Å². The molecule has 0 aliphatic rings. The van der Waals surface area contributed by atoms with Crippen LogP contribution in [0.1, 0.15) is 0 Å². The Balaban J connectivity index is 1.37. The second-order valence-corrected chi connectivity index (χ2v) is 13.8. The number of nitrogens with zero attached hydrogens (tertiary/aromatic N) is 4. The van der Waals surface area contributed by atoms with Crippen molar-refractivity contribution in [2.24, 2.45) is 0 Å². The minimum absolute atomic E-state index is 1.02. The minimum Gasteiger partial charge on any atom is -0.300 e. The quantitative estimate of drug-likeness (QED) is 0.150. The summed E-state index contributed by atoms with van der Waals surface area (Å²) in [5, 5.41) is 11.3. The predicted octanol–water partition coefficient (Wildman–Crippen LogP) is 13.2. The Hall–Kier alpha value is -6.08. The molecule has 9 rings (SSSR count). The number of aromatic nitrogens is 2. The normalized spacial score (nSPS) is 11.2. The maximum Gasteiger partial charge on any atom is 0.0999 e. The van der Waals surface area contributed by atoms with Gasteiger partial charge in [-0.05, 0) is 127 Å². The number of pyridine rings is 2. The molecular weight excluding hydrogens is 649 g/mol. The van der Waals surface area contributed by atoms with Crippen molar-refractivity contribution in [1.82, 2.24) is 9.97 Å². The molecule has 0 bridgehead atoms. The molecule has 0 fully saturated rings. The van der Waals surface area contributed by atoms with Crippen LogP contribution in [-0.2, 0) is 0 Å². The van der Waals surface area contributed by atoms with Crippen LogP contribution >= 0.6 is 22.7 Å². The Morgan fingerprint density at radius 1 is 0.380 bits per heavy atom. The summed E-state index contributed by atoms with van der Waals surface area (Å²) in [5.74, 6) is 0. The average molecular weight is 679 g/mol. The predicted molar refractivity (Wildman–Crippen MR) is 213 cm³/mol. The van der Waals surface area contributed by atoms with Gasteiger partial charge in [0.25, 0.3) is 0 Å². The van der Waals surface area contributed by atoms with E-state index in [9.17, 15) is 0 Å². The summed E-state index contributed by atoms with van der Waals surface area (Å²) in [4.78, 5) is 13.6. The van der Waals surface area contributed by atoms with Crippen LogP contribution in [0.5, 0.6) is 0 Å². The summed E-state index contributed by atoms with van der Waals surface area (Å²) in [6.45, 7) is 0. The van der Waals surface area contributed by atoms with Crippen LogP contribution in [0.15, 0.2) is 181 Å². The molecule has 4 nitrogen and oxygen atoms in total. The molecule has 0 aliphatic carbocycles. The van der Waals surface area contributed by atoms with Crippen LogP contribution in [0.25, 0.3) is 43.8 Å². The highest BCUT2D eigenvalue weighted by molar-refractivity contribution is 7.14. The van der Waals surface area contributed by atoms with E-state index in [4.69, 9.17) is 0 Å². The topological polar surface area (TPSA) is 32.3 Å². The molecule has 0 unspecified atom stereocenters. The van der Waals surface area contributed by atoms with Gasteiger partial charge >= 0.3 is 0 Å². The zero-order chi connectivity index (χ0) is 33.3. The molecule has 0 N–H and O–H groups in total. The minimum atomic E-state index is 1.02. The lowest BCUT2D eigenvalue weighted by Gasteiger charge is -2.26. The number of fused-ring (bicyclic) bond motifs is 2. The molecule has 6 heteroatoms. The van der Waals surface area contributed by atoms with Crippen LogP contribution in [0, 0.1) is 0 Å². The van der Waals surface area contributed by atoms with Crippen LogP contribution in [-0.4, -0.2) is 9.97 Å². The molecule has 50 heavy (non-hydrogen) atoms. The Morgan fingerprint density at radius 2 is 0.840 bits per heavy atom. The number of hydrogen-bond acceptors (Lipinski definition) is 6. The van der Waals surface area contributed by atoms with Gasteiger partial charge in [-0.15, -0.1) is 22.7 Å². The van der Waals surface area contributed by atoms with Crippen LogP contribution in [0.2, 0.25) is 0 Å². The molecule has 0 saturated carbocycles. The van der Waals surface area contributed by atoms with Crippen molar-refractivity contribution in [1.29, 1.82) is 0 Å². The third-order valence-electron chi connectivity index (χ3n) is 8.99. The number of thiophene rings is 2. The van der Waals surface area contributed by atoms with Gasteiger partial charge in [0.15, 0.2) is 0 Å². The van der Waals surface area contributed by atoms with E-state index < -0.39 is 0 Å². The molecule has 238 valence electrons. The molecule has 5 aromatic carbocycles. The highest BCUT2D eigenvalue weighted by Gasteiger charge is 2.22. The van der Waals surface area contributed by atoms with Gasteiger partial charge in [-0.2, -0.15) is 0 Å². The fraction of sp³-hybridized carbons (Fsp3) is 0. The molecule has 0 atom stereocenters. The first kappa shape index (κ1) is 30.0. The highest BCUT2D eigenvalue weighted by Crippen LogP contribution is 2.48. The van der Waals surface area contributed by atoms with Gasteiger partial charge in [0.2, 0.25) is 0 Å². The smallest absolute Gasteiger partial charge is 0.0999 e. The van der Waals surface area contributed by atoms with Gasteiger partial charge in [-0.1, -0.05) is 72.8 Å². The molecule has 0 aliphatic heterocycles. The molecule has 4 aromatic heterocycles. The van der Waals surface area contributed by atoms with Crippen LogP contribution in [0.4, 0.5) is 32.8 Å². The maximum atomic E-state index is 4.48. The summed E-state index contributed by atoms with van der Waals surface area (Å²) < 4.78 is 0. The Kier molecular flexibility index (Phi) is 7.85. The molecule has 0 saturated heterocycles. The van der Waals surface area contributed by atoms with Crippen molar-refractivity contribution in [2.75, 3.05) is 9.80 Å². The molecule has 4 heterocycles. The second kappa shape index (κ2) is 13.1. The molecular formula is C44H30N4S2. The summed E-state index contributed by atoms with van der Waals surface area (Å²) in [6, 6.07) is 52.2. The van der Waals surface area contributed by atoms with E-state index >= 15 is 0 Å². The number of rotatable bonds is 8. The first-order valence-electron chi connectivity index (χ1n) is 16.5. The summed E-state index contributed by atoms with van der Waals surface area (Å²) in [7, 11) is 0. The summed E-state index contributed by atoms with van der Waals surface area (Å²) in [5.41, 5.74) is 9.00. The SMILES string of the molecule is c1ccc(-c2c3ccc(N(c4cccnc4)c4cccs4)cc3c(-c3ccccc3)c3ccc(N(c4cccnc4)c4cccs4)cc23)cc1. The Bertz CT molecular complexity index is 2340. The summed E-state index contributed by atoms with van der Waals surface area (Å²) in [6.07, 6.45) is 7.51. The van der Waals surface area contributed by atoms with Crippen LogP contribution in [0.3, 0.4) is 0 Å². The average Bonchev–Trinajstić information content (AvgIpc) is 3.92. The van der Waals surface area contributed by atoms with Gasteiger partial charge in [0, 0.05) is 23.8 Å². The largest absolute Gasteiger partial charge is 0.300 e. The van der Waals surface area contributed by atoms with Crippen molar-refractivity contribution in [3.63, 3.8) is 0 Å². The Labute approximate surface area is 298 Å². The number of benzene rings is 5. The first-order chi connectivity index (χ1) is 24.8. The van der Waals surface area contributed by atoms with E-state index in [1.807, 2.05) is 36.9 Å². The number of hydrogen-bond donors (Lipinski definition) is 0. The number of anilines is 6. The van der Waals surface area contributed by atoms with Crippen molar-refractivity contribution in [2.45, 2.75) is 0 Å². The maximum absolute atomic E-state index is 4.48. The van der Waals surface area contributed by atoms with Gasteiger partial charge in [-0.25, -0.2) is 0 Å². The lowest BCUT2D eigenvalue weighted by molar-refractivity contribution is 1.25. The Morgan fingerprint density at radius 3 is 1.22 bits per heavy atom. The first-order valence-corrected chi connectivity index (χ1v) is 18.2. The third kappa shape index (κ3) is 5.41. The lowest BCUT2D eigenvalue weighted by Crippen LogP contribution is -2.09. The third-order valence-corrected chi connectivity index (χ3v) is 10.7.